The second-order valence-corrected chi connectivity index (χ2v) is 4.85. The zero-order valence-electron chi connectivity index (χ0n) is 11.1. The molecule has 0 fully saturated rings. The van der Waals surface area contributed by atoms with Crippen molar-refractivity contribution in [3.8, 4) is 0 Å². The number of hydrogen-bond donors (Lipinski definition) is 2. The van der Waals surface area contributed by atoms with Gasteiger partial charge in [0.25, 0.3) is 0 Å². The number of aliphatic hydroxyl groups is 1. The highest BCUT2D eigenvalue weighted by Gasteiger charge is 2.17. The molecule has 2 rings (SSSR count). The molecule has 2 aromatic rings. The highest BCUT2D eigenvalue weighted by Crippen LogP contribution is 2.17. The standard InChI is InChI=1S/C14H19N3O/c1-4-14(3,18)9-15-13-10(2)16-11-7-5-6-8-12(11)17-13/h5-8,18H,4,9H2,1-3H3,(H,15,17). The molecule has 18 heavy (non-hydrogen) atoms. The van der Waals surface area contributed by atoms with Crippen molar-refractivity contribution in [2.75, 3.05) is 11.9 Å². The number of nitrogens with zero attached hydrogens (tertiary/aromatic N) is 2. The molecule has 0 aliphatic heterocycles. The van der Waals surface area contributed by atoms with Crippen LogP contribution in [-0.2, 0) is 0 Å². The molecule has 1 aromatic heterocycles. The lowest BCUT2D eigenvalue weighted by Gasteiger charge is -2.22. The summed E-state index contributed by atoms with van der Waals surface area (Å²) in [5.74, 6) is 0.738. The van der Waals surface area contributed by atoms with E-state index >= 15 is 0 Å². The Bertz CT molecular complexity index is 552. The summed E-state index contributed by atoms with van der Waals surface area (Å²) in [5, 5.41) is 13.2. The van der Waals surface area contributed by atoms with Crippen LogP contribution in [0, 0.1) is 6.92 Å². The second kappa shape index (κ2) is 4.90. The molecular formula is C14H19N3O. The first kappa shape index (κ1) is 12.8. The molecule has 0 amide bonds. The van der Waals surface area contributed by atoms with E-state index in [0.717, 1.165) is 22.5 Å². The minimum Gasteiger partial charge on any atom is -0.388 e. The molecule has 4 nitrogen and oxygen atoms in total. The predicted octanol–water partition coefficient (Wildman–Crippen LogP) is 2.51. The number of benzene rings is 1. The van der Waals surface area contributed by atoms with Gasteiger partial charge in [0.1, 0.15) is 5.82 Å². The van der Waals surface area contributed by atoms with E-state index in [4.69, 9.17) is 0 Å². The van der Waals surface area contributed by atoms with E-state index in [0.29, 0.717) is 13.0 Å². The van der Waals surface area contributed by atoms with Gasteiger partial charge in [-0.3, -0.25) is 0 Å². The molecule has 0 spiro atoms. The van der Waals surface area contributed by atoms with Gasteiger partial charge in [-0.15, -0.1) is 0 Å². The minimum atomic E-state index is -0.722. The largest absolute Gasteiger partial charge is 0.388 e. The first-order valence-electron chi connectivity index (χ1n) is 6.21. The molecule has 4 heteroatoms. The maximum atomic E-state index is 9.98. The molecule has 96 valence electrons. The summed E-state index contributed by atoms with van der Waals surface area (Å²) in [4.78, 5) is 9.02. The molecule has 1 unspecified atom stereocenters. The maximum Gasteiger partial charge on any atom is 0.148 e. The van der Waals surface area contributed by atoms with E-state index in [9.17, 15) is 5.11 Å². The third kappa shape index (κ3) is 2.76. The summed E-state index contributed by atoms with van der Waals surface area (Å²) in [7, 11) is 0. The van der Waals surface area contributed by atoms with Gasteiger partial charge in [0, 0.05) is 6.54 Å². The second-order valence-electron chi connectivity index (χ2n) is 4.85. The molecular weight excluding hydrogens is 226 g/mol. The van der Waals surface area contributed by atoms with Crippen LogP contribution in [0.3, 0.4) is 0 Å². The van der Waals surface area contributed by atoms with Gasteiger partial charge in [0.2, 0.25) is 0 Å². The third-order valence-corrected chi connectivity index (χ3v) is 3.14. The van der Waals surface area contributed by atoms with Crippen molar-refractivity contribution in [3.63, 3.8) is 0 Å². The molecule has 0 saturated carbocycles. The zero-order chi connectivity index (χ0) is 13.2. The number of rotatable bonds is 4. The van der Waals surface area contributed by atoms with Crippen LogP contribution in [0.1, 0.15) is 26.0 Å². The van der Waals surface area contributed by atoms with Gasteiger partial charge in [-0.05, 0) is 32.4 Å². The van der Waals surface area contributed by atoms with Crippen LogP contribution in [0.2, 0.25) is 0 Å². The van der Waals surface area contributed by atoms with Crippen LogP contribution >= 0.6 is 0 Å². The number of anilines is 1. The minimum absolute atomic E-state index is 0.470. The van der Waals surface area contributed by atoms with E-state index in [1.54, 1.807) is 0 Å². The summed E-state index contributed by atoms with van der Waals surface area (Å²) in [6, 6.07) is 7.77. The highest BCUT2D eigenvalue weighted by molar-refractivity contribution is 5.76. The van der Waals surface area contributed by atoms with Crippen molar-refractivity contribution in [3.05, 3.63) is 30.0 Å². The summed E-state index contributed by atoms with van der Waals surface area (Å²) in [6.07, 6.45) is 0.695. The summed E-state index contributed by atoms with van der Waals surface area (Å²) in [6.45, 7) is 6.16. The van der Waals surface area contributed by atoms with Gasteiger partial charge >= 0.3 is 0 Å². The number of fused-ring (bicyclic) bond motifs is 1. The van der Waals surface area contributed by atoms with Crippen molar-refractivity contribution in [2.45, 2.75) is 32.8 Å². The quantitative estimate of drug-likeness (QED) is 0.869. The van der Waals surface area contributed by atoms with Crippen LogP contribution < -0.4 is 5.32 Å². The Morgan fingerprint density at radius 2 is 1.83 bits per heavy atom. The fraction of sp³-hybridized carbons (Fsp3) is 0.429. The van der Waals surface area contributed by atoms with Gasteiger partial charge in [-0.25, -0.2) is 9.97 Å². The van der Waals surface area contributed by atoms with E-state index in [-0.39, 0.29) is 0 Å². The van der Waals surface area contributed by atoms with Crippen molar-refractivity contribution in [2.24, 2.45) is 0 Å². The van der Waals surface area contributed by atoms with E-state index < -0.39 is 5.60 Å². The van der Waals surface area contributed by atoms with Crippen molar-refractivity contribution in [1.29, 1.82) is 0 Å². The molecule has 0 saturated heterocycles. The highest BCUT2D eigenvalue weighted by atomic mass is 16.3. The Balaban J connectivity index is 2.25. The average Bonchev–Trinajstić information content (AvgIpc) is 2.36. The first-order chi connectivity index (χ1) is 8.52. The Morgan fingerprint density at radius 1 is 1.22 bits per heavy atom. The molecule has 0 aliphatic rings. The lowest BCUT2D eigenvalue weighted by molar-refractivity contribution is 0.0696. The fourth-order valence-electron chi connectivity index (χ4n) is 1.65. The Hall–Kier alpha value is -1.68. The summed E-state index contributed by atoms with van der Waals surface area (Å²) in [5.41, 5.74) is 1.88. The Labute approximate surface area is 107 Å². The van der Waals surface area contributed by atoms with Crippen LogP contribution in [0.25, 0.3) is 11.0 Å². The molecule has 1 aromatic carbocycles. The van der Waals surface area contributed by atoms with Gasteiger partial charge in [0.15, 0.2) is 0 Å². The molecule has 0 aliphatic carbocycles. The van der Waals surface area contributed by atoms with Crippen molar-refractivity contribution < 1.29 is 5.11 Å². The molecule has 2 N–H and O–H groups in total. The summed E-state index contributed by atoms with van der Waals surface area (Å²) >= 11 is 0. The van der Waals surface area contributed by atoms with Crippen molar-refractivity contribution in [1.82, 2.24) is 9.97 Å². The average molecular weight is 245 g/mol. The first-order valence-corrected chi connectivity index (χ1v) is 6.21. The Kier molecular flexibility index (Phi) is 3.48. The van der Waals surface area contributed by atoms with Gasteiger partial charge in [-0.1, -0.05) is 19.1 Å². The lowest BCUT2D eigenvalue weighted by atomic mass is 10.0. The summed E-state index contributed by atoms with van der Waals surface area (Å²) < 4.78 is 0. The molecule has 1 heterocycles. The number of aromatic nitrogens is 2. The van der Waals surface area contributed by atoms with Gasteiger partial charge in [0.05, 0.1) is 22.3 Å². The molecule has 1 atom stereocenters. The number of para-hydroxylation sites is 2. The van der Waals surface area contributed by atoms with Crippen LogP contribution in [0.4, 0.5) is 5.82 Å². The van der Waals surface area contributed by atoms with Crippen LogP contribution in [0.15, 0.2) is 24.3 Å². The SMILES string of the molecule is CCC(C)(O)CNc1nc2ccccc2nc1C. The normalized spacial score (nSPS) is 14.4. The smallest absolute Gasteiger partial charge is 0.148 e. The van der Waals surface area contributed by atoms with E-state index in [1.165, 1.54) is 0 Å². The number of hydrogen-bond acceptors (Lipinski definition) is 4. The maximum absolute atomic E-state index is 9.98. The predicted molar refractivity (Wildman–Crippen MR) is 73.7 cm³/mol. The third-order valence-electron chi connectivity index (χ3n) is 3.14. The molecule has 0 bridgehead atoms. The topological polar surface area (TPSA) is 58.0 Å². The Morgan fingerprint density at radius 3 is 2.44 bits per heavy atom. The lowest BCUT2D eigenvalue weighted by Crippen LogP contribution is -2.32. The molecule has 0 radical (unpaired) electrons. The van der Waals surface area contributed by atoms with Crippen LogP contribution in [-0.4, -0.2) is 27.2 Å². The van der Waals surface area contributed by atoms with E-state index in [2.05, 4.69) is 15.3 Å². The van der Waals surface area contributed by atoms with Crippen LogP contribution in [0.5, 0.6) is 0 Å². The zero-order valence-corrected chi connectivity index (χ0v) is 11.1. The number of aryl methyl sites for hydroxylation is 1. The van der Waals surface area contributed by atoms with Gasteiger partial charge in [-0.2, -0.15) is 0 Å². The van der Waals surface area contributed by atoms with Gasteiger partial charge < -0.3 is 10.4 Å². The van der Waals surface area contributed by atoms with Crippen molar-refractivity contribution >= 4 is 16.9 Å². The fourth-order valence-corrected chi connectivity index (χ4v) is 1.65. The monoisotopic (exact) mass is 245 g/mol. The van der Waals surface area contributed by atoms with E-state index in [1.807, 2.05) is 45.0 Å². The number of nitrogens with one attached hydrogen (secondary N) is 1.